The molecule has 3 N–H and O–H groups in total. The van der Waals surface area contributed by atoms with Gasteiger partial charge in [-0.3, -0.25) is 4.79 Å². The maximum absolute atomic E-state index is 12.4. The topological polar surface area (TPSA) is 55.1 Å². The van der Waals surface area contributed by atoms with Gasteiger partial charge in [0, 0.05) is 16.3 Å². The minimum atomic E-state index is -0.224. The van der Waals surface area contributed by atoms with Gasteiger partial charge in [-0.15, -0.1) is 0 Å². The fourth-order valence-corrected chi connectivity index (χ4v) is 2.06. The Hall–Kier alpha value is -2.28. The third-order valence-electron chi connectivity index (χ3n) is 2.83. The molecule has 106 valence electrons. The second-order valence-electron chi connectivity index (χ2n) is 4.52. The van der Waals surface area contributed by atoms with Crippen LogP contribution < -0.4 is 11.1 Å². The average molecular weight is 299 g/mol. The van der Waals surface area contributed by atoms with Crippen LogP contribution in [0.4, 0.5) is 5.69 Å². The second-order valence-corrected chi connectivity index (χ2v) is 4.96. The molecule has 0 aliphatic heterocycles. The zero-order valence-electron chi connectivity index (χ0n) is 11.6. The molecule has 0 saturated carbocycles. The lowest BCUT2D eigenvalue weighted by Crippen LogP contribution is -2.13. The lowest BCUT2D eigenvalue weighted by molar-refractivity contribution is 0.102. The molecule has 2 aromatic carbocycles. The molecule has 2 aromatic rings. The molecule has 0 unspecified atom stereocenters. The van der Waals surface area contributed by atoms with Gasteiger partial charge in [-0.05, 0) is 42.8 Å². The van der Waals surface area contributed by atoms with Crippen molar-refractivity contribution >= 4 is 23.2 Å². The summed E-state index contributed by atoms with van der Waals surface area (Å²) in [5, 5.41) is 3.38. The van der Waals surface area contributed by atoms with Crippen molar-refractivity contribution in [2.75, 3.05) is 11.9 Å². The number of hydrogen-bond acceptors (Lipinski definition) is 2. The predicted molar refractivity (Wildman–Crippen MR) is 86.5 cm³/mol. The Bertz CT molecular complexity index is 729. The van der Waals surface area contributed by atoms with Crippen molar-refractivity contribution in [3.05, 3.63) is 64.2 Å². The SMILES string of the molecule is Cc1ccc(C(=O)Nc2cccc(Cl)c2)c(C#CCN)c1. The van der Waals surface area contributed by atoms with Gasteiger partial charge in [0.2, 0.25) is 0 Å². The number of nitrogens with one attached hydrogen (secondary N) is 1. The Morgan fingerprint density at radius 2 is 2.10 bits per heavy atom. The first-order valence-corrected chi connectivity index (χ1v) is 6.84. The summed E-state index contributed by atoms with van der Waals surface area (Å²) < 4.78 is 0. The standard InChI is InChI=1S/C17H15ClN2O/c1-12-7-8-16(13(10-12)4-3-9-19)17(21)20-15-6-2-5-14(18)11-15/h2,5-8,10-11H,9,19H2,1H3,(H,20,21). The number of amides is 1. The van der Waals surface area contributed by atoms with Crippen molar-refractivity contribution in [1.82, 2.24) is 0 Å². The Morgan fingerprint density at radius 3 is 2.81 bits per heavy atom. The number of benzene rings is 2. The van der Waals surface area contributed by atoms with Crippen LogP contribution in [0, 0.1) is 18.8 Å². The van der Waals surface area contributed by atoms with Gasteiger partial charge in [-0.1, -0.05) is 35.6 Å². The fourth-order valence-electron chi connectivity index (χ4n) is 1.87. The number of anilines is 1. The molecular formula is C17H15ClN2O. The van der Waals surface area contributed by atoms with E-state index >= 15 is 0 Å². The van der Waals surface area contributed by atoms with Gasteiger partial charge in [-0.25, -0.2) is 0 Å². The Morgan fingerprint density at radius 1 is 1.29 bits per heavy atom. The summed E-state index contributed by atoms with van der Waals surface area (Å²) in [5.41, 5.74) is 8.26. The Labute approximate surface area is 129 Å². The van der Waals surface area contributed by atoms with Gasteiger partial charge in [-0.2, -0.15) is 0 Å². The summed E-state index contributed by atoms with van der Waals surface area (Å²) in [4.78, 5) is 12.4. The first kappa shape index (κ1) is 15.1. The first-order valence-electron chi connectivity index (χ1n) is 6.46. The average Bonchev–Trinajstić information content (AvgIpc) is 2.45. The second kappa shape index (κ2) is 6.94. The van der Waals surface area contributed by atoms with E-state index in [1.807, 2.05) is 19.1 Å². The number of nitrogens with two attached hydrogens (primary N) is 1. The van der Waals surface area contributed by atoms with Crippen molar-refractivity contribution in [2.24, 2.45) is 5.73 Å². The lowest BCUT2D eigenvalue weighted by atomic mass is 10.0. The highest BCUT2D eigenvalue weighted by molar-refractivity contribution is 6.31. The molecule has 0 spiro atoms. The van der Waals surface area contributed by atoms with E-state index in [2.05, 4.69) is 17.2 Å². The number of carbonyl (C=O) groups is 1. The third-order valence-corrected chi connectivity index (χ3v) is 3.06. The summed E-state index contributed by atoms with van der Waals surface area (Å²) in [6, 6.07) is 12.5. The number of carbonyl (C=O) groups excluding carboxylic acids is 1. The summed E-state index contributed by atoms with van der Waals surface area (Å²) in [7, 11) is 0. The zero-order valence-corrected chi connectivity index (χ0v) is 12.4. The monoisotopic (exact) mass is 298 g/mol. The zero-order chi connectivity index (χ0) is 15.2. The molecule has 0 saturated heterocycles. The number of rotatable bonds is 2. The summed E-state index contributed by atoms with van der Waals surface area (Å²) in [5.74, 6) is 5.48. The maximum atomic E-state index is 12.4. The minimum absolute atomic E-state index is 0.224. The van der Waals surface area contributed by atoms with E-state index < -0.39 is 0 Å². The number of hydrogen-bond donors (Lipinski definition) is 2. The molecule has 0 fully saturated rings. The molecule has 0 aromatic heterocycles. The normalized spacial score (nSPS) is 9.67. The molecule has 0 bridgehead atoms. The summed E-state index contributed by atoms with van der Waals surface area (Å²) in [6.45, 7) is 2.20. The highest BCUT2D eigenvalue weighted by Gasteiger charge is 2.11. The fraction of sp³-hybridized carbons (Fsp3) is 0.118. The predicted octanol–water partition coefficient (Wildman–Crippen LogP) is 3.21. The van der Waals surface area contributed by atoms with Gasteiger partial charge >= 0.3 is 0 Å². The van der Waals surface area contributed by atoms with E-state index in [0.717, 1.165) is 5.56 Å². The molecule has 2 rings (SSSR count). The van der Waals surface area contributed by atoms with Crippen molar-refractivity contribution in [2.45, 2.75) is 6.92 Å². The van der Waals surface area contributed by atoms with Gasteiger partial charge in [0.15, 0.2) is 0 Å². The lowest BCUT2D eigenvalue weighted by Gasteiger charge is -2.08. The van der Waals surface area contributed by atoms with Crippen LogP contribution in [-0.4, -0.2) is 12.5 Å². The largest absolute Gasteiger partial charge is 0.322 e. The van der Waals surface area contributed by atoms with Crippen molar-refractivity contribution in [1.29, 1.82) is 0 Å². The van der Waals surface area contributed by atoms with Gasteiger partial charge in [0.05, 0.1) is 12.1 Å². The third kappa shape index (κ3) is 4.09. The summed E-state index contributed by atoms with van der Waals surface area (Å²) in [6.07, 6.45) is 0. The van der Waals surface area contributed by atoms with Crippen LogP contribution in [0.2, 0.25) is 5.02 Å². The van der Waals surface area contributed by atoms with Gasteiger partial charge in [0.25, 0.3) is 5.91 Å². The van der Waals surface area contributed by atoms with Crippen LogP contribution in [0.1, 0.15) is 21.5 Å². The number of aryl methyl sites for hydroxylation is 1. The molecule has 0 atom stereocenters. The Kier molecular flexibility index (Phi) is 4.99. The maximum Gasteiger partial charge on any atom is 0.256 e. The smallest absolute Gasteiger partial charge is 0.256 e. The minimum Gasteiger partial charge on any atom is -0.322 e. The Balaban J connectivity index is 2.30. The quantitative estimate of drug-likeness (QED) is 0.837. The van der Waals surface area contributed by atoms with E-state index in [9.17, 15) is 4.79 Å². The van der Waals surface area contributed by atoms with Crippen molar-refractivity contribution in [3.63, 3.8) is 0 Å². The van der Waals surface area contributed by atoms with Crippen LogP contribution in [-0.2, 0) is 0 Å². The molecule has 4 heteroatoms. The molecular weight excluding hydrogens is 284 g/mol. The van der Waals surface area contributed by atoms with Crippen LogP contribution in [0.5, 0.6) is 0 Å². The molecule has 0 heterocycles. The molecule has 0 aliphatic rings. The highest BCUT2D eigenvalue weighted by atomic mass is 35.5. The van der Waals surface area contributed by atoms with Crippen molar-refractivity contribution in [3.8, 4) is 11.8 Å². The van der Waals surface area contributed by atoms with Gasteiger partial charge < -0.3 is 11.1 Å². The van der Waals surface area contributed by atoms with E-state index in [-0.39, 0.29) is 12.5 Å². The first-order chi connectivity index (χ1) is 10.1. The van der Waals surface area contributed by atoms with Gasteiger partial charge in [0.1, 0.15) is 0 Å². The van der Waals surface area contributed by atoms with E-state index in [1.165, 1.54) is 0 Å². The molecule has 1 amide bonds. The van der Waals surface area contributed by atoms with Crippen LogP contribution >= 0.6 is 11.6 Å². The van der Waals surface area contributed by atoms with Crippen LogP contribution in [0.15, 0.2) is 42.5 Å². The van der Waals surface area contributed by atoms with E-state index in [4.69, 9.17) is 17.3 Å². The van der Waals surface area contributed by atoms with Crippen LogP contribution in [0.3, 0.4) is 0 Å². The van der Waals surface area contributed by atoms with E-state index in [1.54, 1.807) is 30.3 Å². The van der Waals surface area contributed by atoms with Crippen LogP contribution in [0.25, 0.3) is 0 Å². The highest BCUT2D eigenvalue weighted by Crippen LogP contribution is 2.17. The molecule has 0 radical (unpaired) electrons. The van der Waals surface area contributed by atoms with E-state index in [0.29, 0.717) is 21.8 Å². The molecule has 21 heavy (non-hydrogen) atoms. The van der Waals surface area contributed by atoms with Crippen molar-refractivity contribution < 1.29 is 4.79 Å². The molecule has 0 aliphatic carbocycles. The number of halogens is 1. The molecule has 3 nitrogen and oxygen atoms in total. The summed E-state index contributed by atoms with van der Waals surface area (Å²) >= 11 is 5.91.